The van der Waals surface area contributed by atoms with Crippen molar-refractivity contribution in [1.29, 1.82) is 0 Å². The first-order valence-corrected chi connectivity index (χ1v) is 10.5. The lowest BCUT2D eigenvalue weighted by Crippen LogP contribution is -2.51. The van der Waals surface area contributed by atoms with Crippen LogP contribution in [0.4, 0.5) is 0 Å². The Kier molecular flexibility index (Phi) is 7.79. The number of nitrogens with zero attached hydrogens (tertiary/aromatic N) is 3. The van der Waals surface area contributed by atoms with Gasteiger partial charge in [-0.1, -0.05) is 36.4 Å². The van der Waals surface area contributed by atoms with Crippen molar-refractivity contribution in [3.8, 4) is 5.88 Å². The molecular weight excluding hydrogens is 410 g/mol. The van der Waals surface area contributed by atoms with Crippen molar-refractivity contribution in [2.45, 2.75) is 39.0 Å². The predicted molar refractivity (Wildman–Crippen MR) is 120 cm³/mol. The first kappa shape index (κ1) is 23.6. The van der Waals surface area contributed by atoms with Gasteiger partial charge in [0, 0.05) is 12.7 Å². The van der Waals surface area contributed by atoms with Crippen molar-refractivity contribution in [1.82, 2.24) is 19.9 Å². The molecule has 0 aliphatic rings. The van der Waals surface area contributed by atoms with Gasteiger partial charge in [-0.2, -0.15) is 0 Å². The van der Waals surface area contributed by atoms with Crippen molar-refractivity contribution >= 4 is 11.6 Å². The largest absolute Gasteiger partial charge is 0.476 e. The van der Waals surface area contributed by atoms with Crippen LogP contribution in [0, 0.1) is 6.92 Å². The number of rotatable bonds is 11. The summed E-state index contributed by atoms with van der Waals surface area (Å²) in [6.07, 6.45) is 0. The molecule has 0 aliphatic heterocycles. The van der Waals surface area contributed by atoms with E-state index >= 15 is 0 Å². The van der Waals surface area contributed by atoms with Gasteiger partial charge in [-0.25, -0.2) is 4.40 Å². The molecular formula is C23H31N5O4. The lowest BCUT2D eigenvalue weighted by atomic mass is 10.1. The number of hydrogen-bond acceptors (Lipinski definition) is 7. The maximum absolute atomic E-state index is 12.7. The van der Waals surface area contributed by atoms with Gasteiger partial charge in [0.2, 0.25) is 11.8 Å². The molecule has 9 heteroatoms. The molecule has 0 bridgehead atoms. The number of fused-ring (bicyclic) bond motifs is 1. The second-order valence-electron chi connectivity index (χ2n) is 8.16. The zero-order valence-electron chi connectivity index (χ0n) is 19.0. The molecule has 2 aromatic heterocycles. The van der Waals surface area contributed by atoms with Gasteiger partial charge in [0.15, 0.2) is 11.5 Å². The van der Waals surface area contributed by atoms with Crippen LogP contribution in [0.3, 0.4) is 0 Å². The summed E-state index contributed by atoms with van der Waals surface area (Å²) in [5.41, 5.74) is 7.49. The van der Waals surface area contributed by atoms with Crippen LogP contribution in [-0.2, 0) is 20.9 Å². The van der Waals surface area contributed by atoms with Crippen LogP contribution in [-0.4, -0.2) is 53.0 Å². The Morgan fingerprint density at radius 2 is 1.91 bits per heavy atom. The van der Waals surface area contributed by atoms with Gasteiger partial charge in [0.25, 0.3) is 0 Å². The number of nitrogens with two attached hydrogens (primary N) is 1. The Morgan fingerprint density at radius 3 is 2.59 bits per heavy atom. The minimum atomic E-state index is -1.06. The van der Waals surface area contributed by atoms with Crippen molar-refractivity contribution < 1.29 is 19.0 Å². The standard InChI is InChI=1S/C23H31N5O4/c1-16-10-11-19-26-27-20(28(19)21(16)32-13-12-30-4)18(25-22(29)23(2,3)24)15-31-14-17-8-6-5-7-9-17/h5-11,18H,12-15,24H2,1-4H3,(H,25,29)/t18-/m1/s1. The molecule has 3 rings (SSSR count). The number of nitrogens with one attached hydrogen (secondary N) is 1. The van der Waals surface area contributed by atoms with Crippen molar-refractivity contribution in [2.75, 3.05) is 26.9 Å². The maximum atomic E-state index is 12.7. The molecule has 0 saturated heterocycles. The van der Waals surface area contributed by atoms with Gasteiger partial charge in [-0.15, -0.1) is 10.2 Å². The SMILES string of the molecule is COCCOc1c(C)ccc2nnc([C@@H](COCc3ccccc3)NC(=O)C(C)(C)N)n12. The van der Waals surface area contributed by atoms with Crippen molar-refractivity contribution in [2.24, 2.45) is 5.73 Å². The Hall–Kier alpha value is -3.01. The fourth-order valence-corrected chi connectivity index (χ4v) is 3.09. The quantitative estimate of drug-likeness (QED) is 0.439. The molecule has 3 aromatic rings. The molecule has 1 atom stereocenters. The summed E-state index contributed by atoms with van der Waals surface area (Å²) in [4.78, 5) is 12.7. The molecule has 0 fully saturated rings. The Bertz CT molecular complexity index is 1030. The number of carbonyl (C=O) groups excluding carboxylic acids is 1. The van der Waals surface area contributed by atoms with E-state index in [0.29, 0.717) is 37.2 Å². The van der Waals surface area contributed by atoms with E-state index in [-0.39, 0.29) is 12.5 Å². The van der Waals surface area contributed by atoms with Crippen LogP contribution < -0.4 is 15.8 Å². The Morgan fingerprint density at radius 1 is 1.16 bits per heavy atom. The van der Waals surface area contributed by atoms with Crippen molar-refractivity contribution in [3.63, 3.8) is 0 Å². The zero-order valence-corrected chi connectivity index (χ0v) is 19.0. The zero-order chi connectivity index (χ0) is 23.1. The Labute approximate surface area is 187 Å². The molecule has 9 nitrogen and oxygen atoms in total. The molecule has 1 amide bonds. The molecule has 0 saturated carbocycles. The number of benzene rings is 1. The van der Waals surface area contributed by atoms with E-state index in [0.717, 1.165) is 11.1 Å². The monoisotopic (exact) mass is 441 g/mol. The first-order valence-electron chi connectivity index (χ1n) is 10.5. The lowest BCUT2D eigenvalue weighted by molar-refractivity contribution is -0.126. The second-order valence-corrected chi connectivity index (χ2v) is 8.16. The molecule has 2 heterocycles. The number of aryl methyl sites for hydroxylation is 1. The summed E-state index contributed by atoms with van der Waals surface area (Å²) in [6, 6.07) is 13.0. The molecule has 0 radical (unpaired) electrons. The third kappa shape index (κ3) is 5.82. The van der Waals surface area contributed by atoms with Gasteiger partial charge >= 0.3 is 0 Å². The summed E-state index contributed by atoms with van der Waals surface area (Å²) in [5.74, 6) is 0.771. The normalized spacial score (nSPS) is 12.7. The summed E-state index contributed by atoms with van der Waals surface area (Å²) in [6.45, 7) is 6.62. The number of ether oxygens (including phenoxy) is 3. The van der Waals surface area contributed by atoms with Crippen LogP contribution in [0.1, 0.15) is 36.8 Å². The maximum Gasteiger partial charge on any atom is 0.240 e. The number of amides is 1. The molecule has 0 unspecified atom stereocenters. The van der Waals surface area contributed by atoms with Gasteiger partial charge < -0.3 is 25.3 Å². The van der Waals surface area contributed by atoms with E-state index in [1.165, 1.54) is 0 Å². The van der Waals surface area contributed by atoms with E-state index < -0.39 is 11.6 Å². The number of hydrogen-bond donors (Lipinski definition) is 2. The van der Waals surface area contributed by atoms with Crippen LogP contribution in [0.15, 0.2) is 42.5 Å². The van der Waals surface area contributed by atoms with E-state index in [9.17, 15) is 4.79 Å². The minimum Gasteiger partial charge on any atom is -0.476 e. The Balaban J connectivity index is 1.91. The number of pyridine rings is 1. The minimum absolute atomic E-state index is 0.183. The molecule has 32 heavy (non-hydrogen) atoms. The van der Waals surface area contributed by atoms with Gasteiger partial charge in [-0.3, -0.25) is 4.79 Å². The highest BCUT2D eigenvalue weighted by atomic mass is 16.5. The van der Waals surface area contributed by atoms with E-state index in [2.05, 4.69) is 15.5 Å². The second kappa shape index (κ2) is 10.5. The van der Waals surface area contributed by atoms with Crippen LogP contribution >= 0.6 is 0 Å². The third-order valence-electron chi connectivity index (χ3n) is 4.86. The van der Waals surface area contributed by atoms with Crippen LogP contribution in [0.2, 0.25) is 0 Å². The summed E-state index contributed by atoms with van der Waals surface area (Å²) < 4.78 is 18.8. The van der Waals surface area contributed by atoms with Gasteiger partial charge in [0.05, 0.1) is 25.4 Å². The predicted octanol–water partition coefficient (Wildman–Crippen LogP) is 2.17. The molecule has 0 spiro atoms. The molecule has 172 valence electrons. The average Bonchev–Trinajstić information content (AvgIpc) is 3.19. The fourth-order valence-electron chi connectivity index (χ4n) is 3.09. The number of carbonyl (C=O) groups is 1. The topological polar surface area (TPSA) is 113 Å². The summed E-state index contributed by atoms with van der Waals surface area (Å²) in [7, 11) is 1.62. The third-order valence-corrected chi connectivity index (χ3v) is 4.86. The van der Waals surface area contributed by atoms with E-state index in [1.807, 2.05) is 49.4 Å². The molecule has 0 aliphatic carbocycles. The summed E-state index contributed by atoms with van der Waals surface area (Å²) >= 11 is 0. The van der Waals surface area contributed by atoms with Crippen LogP contribution in [0.25, 0.3) is 5.65 Å². The highest BCUT2D eigenvalue weighted by Crippen LogP contribution is 2.25. The lowest BCUT2D eigenvalue weighted by Gasteiger charge is -2.24. The highest BCUT2D eigenvalue weighted by molar-refractivity contribution is 5.85. The van der Waals surface area contributed by atoms with Crippen molar-refractivity contribution in [3.05, 3.63) is 59.4 Å². The summed E-state index contributed by atoms with van der Waals surface area (Å²) in [5, 5.41) is 11.6. The fraction of sp³-hybridized carbons (Fsp3) is 0.435. The van der Waals surface area contributed by atoms with Gasteiger partial charge in [0.1, 0.15) is 12.6 Å². The van der Waals surface area contributed by atoms with E-state index in [1.54, 1.807) is 25.4 Å². The van der Waals surface area contributed by atoms with E-state index in [4.69, 9.17) is 19.9 Å². The number of aromatic nitrogens is 3. The number of methoxy groups -OCH3 is 1. The molecule has 1 aromatic carbocycles. The smallest absolute Gasteiger partial charge is 0.240 e. The average molecular weight is 442 g/mol. The first-order chi connectivity index (χ1) is 15.3. The molecule has 3 N–H and O–H groups in total. The van der Waals surface area contributed by atoms with Crippen LogP contribution in [0.5, 0.6) is 5.88 Å². The highest BCUT2D eigenvalue weighted by Gasteiger charge is 2.29. The van der Waals surface area contributed by atoms with Gasteiger partial charge in [-0.05, 0) is 32.4 Å².